The Labute approximate surface area is 823 Å². The molecule has 8 aromatic rings. The summed E-state index contributed by atoms with van der Waals surface area (Å²) in [6, 6.07) is 19.3. The summed E-state index contributed by atoms with van der Waals surface area (Å²) in [5, 5.41) is 54.7. The number of hydrogen-bond acceptors (Lipinski definition) is 20. The van der Waals surface area contributed by atoms with Gasteiger partial charge < -0.3 is 100 Å². The molecule has 0 bridgehead atoms. The number of H-pyrrole nitrogens is 4. The molecule has 8 amide bonds. The third kappa shape index (κ3) is 22.4. The number of nitrogens with one attached hydrogen (secondary N) is 8. The lowest BCUT2D eigenvalue weighted by molar-refractivity contribution is -0.111. The first-order chi connectivity index (χ1) is 66.0. The highest BCUT2D eigenvalue weighted by Crippen LogP contribution is 2.44. The van der Waals surface area contributed by atoms with Gasteiger partial charge in [0.25, 0.3) is 47.3 Å². The lowest BCUT2D eigenvalue weighted by Crippen LogP contribution is -2.46. The van der Waals surface area contributed by atoms with Gasteiger partial charge in [0, 0.05) is 229 Å². The number of β-amino-alcohol motifs (C(OH)–C–C–N with tert-alkyl or cyclic N) is 4. The van der Waals surface area contributed by atoms with Gasteiger partial charge in [0.15, 0.2) is 0 Å². The standard InChI is InChI=1S/C25H28BrFN4O4.2C25H29BrN4O4.C25H29ClN4O4/c1-14-21(11-18-17-9-15(27)10-19(26)23(17)29-24(18)33)28-20-3-2-4-31(25(34)22(14)20)13-16(32)12-30-5-7-35-8-6-30;1-15-21(12-17-23-18(26)4-2-5-20(23)28-24(17)32)27-19-6-3-7-30(25(33)22(15)19)14-16(31)13-29-8-10-34-11-9-29;2*1-15-22(12-19-18-11-16(26)4-5-20(18)28-24(19)32)27-21-3-2-6-30(25(33)23(15)21)14-17(31)13-29-7-9-34-10-8-29/h9-11,16,28,32H,2-8,12-13H2,1H3,(H,29,33);2,4-5,12,16,27,31H,3,6-11,13-14H2,1H3,(H,28,32);2*4-5,11-12,17,27,31H,2-3,6-10,13-14H2,1H3,(H,28,32)/b18-11-;17-12-;2*19-12-/t2*16-;2*17-/m0000/s1. The predicted octanol–water partition coefficient (Wildman–Crippen LogP) is 10.7. The van der Waals surface area contributed by atoms with Gasteiger partial charge in [-0.1, -0.05) is 49.5 Å². The molecule has 12 N–H and O–H groups in total. The Morgan fingerprint density at radius 2 is 0.686 bits per heavy atom. The van der Waals surface area contributed by atoms with Gasteiger partial charge in [-0.05, 0) is 202 Å². The number of carbonyl (C=O) groups excluding carboxylic acids is 8. The van der Waals surface area contributed by atoms with Crippen molar-refractivity contribution in [3.05, 3.63) is 203 Å². The van der Waals surface area contributed by atoms with E-state index < -0.39 is 30.2 Å². The minimum Gasteiger partial charge on any atom is -0.390 e. The number of ether oxygens (including phenoxy) is 4. The number of halogens is 5. The molecule has 0 spiro atoms. The van der Waals surface area contributed by atoms with Crippen molar-refractivity contribution >= 4 is 176 Å². The van der Waals surface area contributed by atoms with E-state index >= 15 is 0 Å². The molecule has 4 fully saturated rings. The molecule has 726 valence electrons. The number of aromatic nitrogens is 4. The minimum absolute atomic E-state index is 0.0639. The van der Waals surface area contributed by atoms with E-state index in [9.17, 15) is 63.2 Å². The SMILES string of the molecule is Cc1c(/C=C2\C(=O)Nc3c(Br)cc(F)cc32)[nH]c2c1C(=O)N(C[C@@H](O)CN1CCOCC1)CCC2.Cc1c(/C=C2\C(=O)Nc3ccc(Br)cc32)[nH]c2c1C(=O)N(C[C@@H](O)CN1CCOCC1)CCC2.Cc1c(/C=C2\C(=O)Nc3ccc(Cl)cc32)[nH]c2c1C(=O)N(C[C@@H](O)CN1CCOCC1)CCC2.Cc1c(/C=C2\C(=O)Nc3cccc(Br)c32)[nH]c2c1C(=O)N(C[C@@H](O)CN1CCOCC1)CCC2. The molecule has 37 heteroatoms. The summed E-state index contributed by atoms with van der Waals surface area (Å²) in [6.45, 7) is 25.0. The molecule has 12 aliphatic heterocycles. The Balaban J connectivity index is 0.000000127. The zero-order chi connectivity index (χ0) is 96.1. The van der Waals surface area contributed by atoms with E-state index in [1.54, 1.807) is 50.0 Å². The van der Waals surface area contributed by atoms with Crippen LogP contribution >= 0.6 is 59.4 Å². The number of hydrogen-bond donors (Lipinski definition) is 12. The fourth-order valence-electron chi connectivity index (χ4n) is 20.2. The monoisotopic (exact) mass is 2090 g/mol. The number of benzene rings is 4. The molecule has 4 atom stereocenters. The molecule has 0 radical (unpaired) electrons. The Bertz CT molecular complexity index is 5940. The van der Waals surface area contributed by atoms with E-state index in [2.05, 4.69) is 109 Å². The maximum atomic E-state index is 14.0. The van der Waals surface area contributed by atoms with Crippen LogP contribution in [0.1, 0.15) is 157 Å². The van der Waals surface area contributed by atoms with Crippen molar-refractivity contribution in [1.29, 1.82) is 0 Å². The average molecular weight is 2090 g/mol. The lowest BCUT2D eigenvalue weighted by Gasteiger charge is -2.31. The molecule has 16 heterocycles. The number of rotatable bonds is 20. The van der Waals surface area contributed by atoms with Crippen LogP contribution in [0.15, 0.2) is 80.1 Å². The number of nitrogens with zero attached hydrogens (tertiary/aromatic N) is 8. The highest BCUT2D eigenvalue weighted by molar-refractivity contribution is 9.11. The Kier molecular flexibility index (Phi) is 31.4. The van der Waals surface area contributed by atoms with Crippen molar-refractivity contribution in [1.82, 2.24) is 59.1 Å². The molecule has 4 saturated heterocycles. The van der Waals surface area contributed by atoms with Gasteiger partial charge in [0.1, 0.15) is 5.82 Å². The molecule has 32 nitrogen and oxygen atoms in total. The second kappa shape index (κ2) is 43.7. The van der Waals surface area contributed by atoms with Crippen molar-refractivity contribution in [3.8, 4) is 0 Å². The number of carbonyl (C=O) groups is 8. The molecule has 12 aliphatic rings. The van der Waals surface area contributed by atoms with Crippen LogP contribution in [0.3, 0.4) is 0 Å². The summed E-state index contributed by atoms with van der Waals surface area (Å²) < 4.78 is 37.7. The van der Waals surface area contributed by atoms with Crippen LogP contribution in [0.25, 0.3) is 46.6 Å². The number of aromatic amines is 4. The zero-order valence-electron chi connectivity index (χ0n) is 77.1. The molecule has 4 aromatic heterocycles. The molecule has 4 aromatic carbocycles. The molecule has 0 saturated carbocycles. The third-order valence-corrected chi connectivity index (χ3v) is 29.2. The topological polar surface area (TPSA) is 392 Å². The molecule has 137 heavy (non-hydrogen) atoms. The van der Waals surface area contributed by atoms with Crippen LogP contribution in [-0.2, 0) is 63.8 Å². The van der Waals surface area contributed by atoms with Crippen LogP contribution in [-0.4, -0.2) is 335 Å². The smallest absolute Gasteiger partial charge is 0.256 e. The van der Waals surface area contributed by atoms with Crippen molar-refractivity contribution in [2.24, 2.45) is 0 Å². The lowest BCUT2D eigenvalue weighted by atomic mass is 10.0. The summed E-state index contributed by atoms with van der Waals surface area (Å²) in [5.74, 6) is -1.61. The second-order valence-electron chi connectivity index (χ2n) is 36.7. The first-order valence-electron chi connectivity index (χ1n) is 47.0. The van der Waals surface area contributed by atoms with Crippen LogP contribution in [0, 0.1) is 33.5 Å². The fourth-order valence-corrected chi connectivity index (χ4v) is 21.8. The highest BCUT2D eigenvalue weighted by Gasteiger charge is 2.39. The third-order valence-electron chi connectivity index (χ3n) is 27.2. The molecule has 0 unspecified atom stereocenters. The number of aryl methyl sites for hydroxylation is 4. The summed E-state index contributed by atoms with van der Waals surface area (Å²) >= 11 is 16.5. The quantitative estimate of drug-likeness (QED) is 0.0315. The van der Waals surface area contributed by atoms with Crippen LogP contribution in [0.2, 0.25) is 5.02 Å². The Hall–Kier alpha value is -10.1. The van der Waals surface area contributed by atoms with Crippen molar-refractivity contribution < 1.29 is 82.1 Å². The van der Waals surface area contributed by atoms with E-state index in [-0.39, 0.29) is 53.8 Å². The first-order valence-corrected chi connectivity index (χ1v) is 49.8. The van der Waals surface area contributed by atoms with E-state index in [1.807, 2.05) is 76.2 Å². The van der Waals surface area contributed by atoms with Gasteiger partial charge in [-0.15, -0.1) is 0 Å². The fraction of sp³-hybridized carbons (Fsp3) is 0.440. The van der Waals surface area contributed by atoms with E-state index in [0.717, 1.165) is 202 Å². The van der Waals surface area contributed by atoms with Gasteiger partial charge in [0.05, 0.1) is 133 Å². The number of aliphatic hydroxyl groups is 4. The van der Waals surface area contributed by atoms with Crippen molar-refractivity contribution in [3.63, 3.8) is 0 Å². The molecular formula is C100H115Br3ClFN16O16. The van der Waals surface area contributed by atoms with Gasteiger partial charge in [-0.2, -0.15) is 0 Å². The van der Waals surface area contributed by atoms with Crippen molar-refractivity contribution in [2.75, 3.05) is 205 Å². The Morgan fingerprint density at radius 3 is 1.06 bits per heavy atom. The van der Waals surface area contributed by atoms with Gasteiger partial charge in [0.2, 0.25) is 0 Å². The summed E-state index contributed by atoms with van der Waals surface area (Å²) in [6.07, 6.45) is 10.8. The van der Waals surface area contributed by atoms with Crippen LogP contribution < -0.4 is 21.3 Å². The van der Waals surface area contributed by atoms with E-state index in [0.29, 0.717) is 202 Å². The first kappa shape index (κ1) is 98.5. The van der Waals surface area contributed by atoms with Crippen LogP contribution in [0.5, 0.6) is 0 Å². The molecular weight excluding hydrogens is 1980 g/mol. The highest BCUT2D eigenvalue weighted by atomic mass is 79.9. The maximum absolute atomic E-state index is 14.0. The average Bonchev–Trinajstić information content (AvgIpc) is 1.63. The van der Waals surface area contributed by atoms with E-state index in [4.69, 9.17) is 30.5 Å². The molecule has 0 aliphatic carbocycles. The summed E-state index contributed by atoms with van der Waals surface area (Å²) in [7, 11) is 0. The summed E-state index contributed by atoms with van der Waals surface area (Å²) in [4.78, 5) is 134. The Morgan fingerprint density at radius 1 is 0.365 bits per heavy atom. The molecule has 20 rings (SSSR count). The normalized spacial score (nSPS) is 20.7. The van der Waals surface area contributed by atoms with Crippen molar-refractivity contribution in [2.45, 2.75) is 103 Å². The van der Waals surface area contributed by atoms with E-state index in [1.165, 1.54) is 12.1 Å². The zero-order valence-corrected chi connectivity index (χ0v) is 82.6. The number of fused-ring (bicyclic) bond motifs is 8. The minimum atomic E-state index is -0.647. The number of aliphatic hydroxyl groups excluding tert-OH is 4. The maximum Gasteiger partial charge on any atom is 0.256 e. The second-order valence-corrected chi connectivity index (χ2v) is 39.7. The predicted molar refractivity (Wildman–Crippen MR) is 532 cm³/mol. The summed E-state index contributed by atoms with van der Waals surface area (Å²) in [5.41, 5.74) is 19.9. The number of amides is 8. The van der Waals surface area contributed by atoms with Gasteiger partial charge in [-0.25, -0.2) is 4.39 Å². The van der Waals surface area contributed by atoms with Gasteiger partial charge >= 0.3 is 0 Å². The number of anilines is 4. The largest absolute Gasteiger partial charge is 0.390 e. The van der Waals surface area contributed by atoms with Crippen LogP contribution in [0.4, 0.5) is 27.1 Å². The van der Waals surface area contributed by atoms with Gasteiger partial charge in [-0.3, -0.25) is 58.0 Å². The number of morpholine rings is 4.